The summed E-state index contributed by atoms with van der Waals surface area (Å²) >= 11 is 0. The van der Waals surface area contributed by atoms with Gasteiger partial charge in [0.05, 0.1) is 0 Å². The first-order chi connectivity index (χ1) is 10.2. The molecule has 2 aliphatic rings. The van der Waals surface area contributed by atoms with E-state index in [1.807, 2.05) is 4.90 Å². The Bertz CT molecular complexity index is 359. The van der Waals surface area contributed by atoms with Gasteiger partial charge in [-0.05, 0) is 38.5 Å². The number of carbonyl (C=O) groups excluding carboxylic acids is 2. The maximum Gasteiger partial charge on any atom is 0.223 e. The third-order valence-electron chi connectivity index (χ3n) is 4.66. The van der Waals surface area contributed by atoms with Gasteiger partial charge >= 0.3 is 0 Å². The van der Waals surface area contributed by atoms with Crippen molar-refractivity contribution < 1.29 is 9.59 Å². The topological polar surface area (TPSA) is 75.4 Å². The predicted molar refractivity (Wildman–Crippen MR) is 82.6 cm³/mol. The molecule has 2 atom stereocenters. The molecule has 1 saturated heterocycles. The van der Waals surface area contributed by atoms with Crippen molar-refractivity contribution in [3.05, 3.63) is 0 Å². The van der Waals surface area contributed by atoms with Gasteiger partial charge in [-0.1, -0.05) is 12.8 Å². The highest BCUT2D eigenvalue weighted by Gasteiger charge is 2.25. The maximum absolute atomic E-state index is 12.1. The monoisotopic (exact) mass is 295 g/mol. The Morgan fingerprint density at radius 1 is 1.24 bits per heavy atom. The average molecular weight is 295 g/mol. The van der Waals surface area contributed by atoms with Crippen molar-refractivity contribution in [1.29, 1.82) is 0 Å². The Morgan fingerprint density at radius 3 is 2.90 bits per heavy atom. The minimum absolute atomic E-state index is 0.0913. The lowest BCUT2D eigenvalue weighted by Crippen LogP contribution is -2.39. The molecule has 1 saturated carbocycles. The van der Waals surface area contributed by atoms with Gasteiger partial charge in [0.2, 0.25) is 11.8 Å². The third kappa shape index (κ3) is 5.30. The lowest BCUT2D eigenvalue weighted by Gasteiger charge is -2.26. The molecule has 0 bridgehead atoms. The molecule has 0 radical (unpaired) electrons. The van der Waals surface area contributed by atoms with E-state index in [-0.39, 0.29) is 23.8 Å². The maximum atomic E-state index is 12.1. The molecule has 1 aliphatic carbocycles. The average Bonchev–Trinajstić information content (AvgIpc) is 2.68. The molecule has 2 rings (SSSR count). The molecule has 3 N–H and O–H groups in total. The van der Waals surface area contributed by atoms with E-state index in [4.69, 9.17) is 5.73 Å². The number of carbonyl (C=O) groups is 2. The van der Waals surface area contributed by atoms with Crippen LogP contribution in [0.25, 0.3) is 0 Å². The van der Waals surface area contributed by atoms with Gasteiger partial charge in [-0.25, -0.2) is 0 Å². The molecule has 0 aromatic carbocycles. The fraction of sp³-hybridized carbons (Fsp3) is 0.875. The van der Waals surface area contributed by atoms with Crippen LogP contribution in [0.1, 0.15) is 57.8 Å². The fourth-order valence-corrected chi connectivity index (χ4v) is 3.37. The summed E-state index contributed by atoms with van der Waals surface area (Å²) in [5, 5.41) is 3.01. The Balaban J connectivity index is 1.62. The minimum atomic E-state index is 0.0913. The number of likely N-dealkylation sites (tertiary alicyclic amines) is 1. The summed E-state index contributed by atoms with van der Waals surface area (Å²) in [6.45, 7) is 2.31. The van der Waals surface area contributed by atoms with Gasteiger partial charge in [-0.3, -0.25) is 9.59 Å². The Labute approximate surface area is 127 Å². The van der Waals surface area contributed by atoms with Crippen LogP contribution < -0.4 is 11.1 Å². The smallest absolute Gasteiger partial charge is 0.223 e. The summed E-state index contributed by atoms with van der Waals surface area (Å²) in [5.74, 6) is 0.512. The van der Waals surface area contributed by atoms with Crippen LogP contribution in [0, 0.1) is 5.92 Å². The minimum Gasteiger partial charge on any atom is -0.356 e. The fourth-order valence-electron chi connectivity index (χ4n) is 3.37. The number of nitrogens with one attached hydrogen (secondary N) is 1. The molecule has 0 aromatic rings. The molecule has 120 valence electrons. The number of nitrogens with two attached hydrogens (primary N) is 1. The van der Waals surface area contributed by atoms with E-state index in [9.17, 15) is 9.59 Å². The predicted octanol–water partition coefficient (Wildman–Crippen LogP) is 1.41. The van der Waals surface area contributed by atoms with E-state index < -0.39 is 0 Å². The molecule has 2 unspecified atom stereocenters. The molecule has 0 spiro atoms. The van der Waals surface area contributed by atoms with Gasteiger partial charge < -0.3 is 16.0 Å². The molecule has 0 aromatic heterocycles. The van der Waals surface area contributed by atoms with Crippen molar-refractivity contribution in [2.45, 2.75) is 63.8 Å². The second kappa shape index (κ2) is 8.37. The highest BCUT2D eigenvalue weighted by Crippen LogP contribution is 2.23. The molecular formula is C16H29N3O2. The zero-order chi connectivity index (χ0) is 15.1. The summed E-state index contributed by atoms with van der Waals surface area (Å²) < 4.78 is 0. The van der Waals surface area contributed by atoms with E-state index >= 15 is 0 Å². The Morgan fingerprint density at radius 2 is 2.10 bits per heavy atom. The van der Waals surface area contributed by atoms with Crippen molar-refractivity contribution in [3.63, 3.8) is 0 Å². The van der Waals surface area contributed by atoms with Gasteiger partial charge in [-0.2, -0.15) is 0 Å². The molecule has 1 heterocycles. The van der Waals surface area contributed by atoms with Gasteiger partial charge in [0.15, 0.2) is 0 Å². The Kier molecular flexibility index (Phi) is 6.49. The van der Waals surface area contributed by atoms with Crippen LogP contribution in [-0.4, -0.2) is 42.4 Å². The second-order valence-electron chi connectivity index (χ2n) is 6.46. The van der Waals surface area contributed by atoms with Gasteiger partial charge in [0.25, 0.3) is 0 Å². The molecule has 2 amide bonds. The van der Waals surface area contributed by atoms with Crippen LogP contribution in [0.15, 0.2) is 0 Å². The Hall–Kier alpha value is -1.10. The zero-order valence-electron chi connectivity index (χ0n) is 13.0. The SMILES string of the molecule is NC1CCCC(C(=O)NCCCN2CCCCCC2=O)C1. The van der Waals surface area contributed by atoms with Crippen molar-refractivity contribution in [2.75, 3.05) is 19.6 Å². The highest BCUT2D eigenvalue weighted by atomic mass is 16.2. The molecular weight excluding hydrogens is 266 g/mol. The molecule has 21 heavy (non-hydrogen) atoms. The van der Waals surface area contributed by atoms with Gasteiger partial charge in [0.1, 0.15) is 0 Å². The lowest BCUT2D eigenvalue weighted by molar-refractivity contribution is -0.130. The first kappa shape index (κ1) is 16.3. The highest BCUT2D eigenvalue weighted by molar-refractivity contribution is 5.78. The molecule has 1 aliphatic heterocycles. The second-order valence-corrected chi connectivity index (χ2v) is 6.46. The van der Waals surface area contributed by atoms with Crippen molar-refractivity contribution in [2.24, 2.45) is 11.7 Å². The van der Waals surface area contributed by atoms with Crippen molar-refractivity contribution >= 4 is 11.8 Å². The number of nitrogens with zero attached hydrogens (tertiary/aromatic N) is 1. The first-order valence-corrected chi connectivity index (χ1v) is 8.48. The van der Waals surface area contributed by atoms with Gasteiger partial charge in [-0.15, -0.1) is 0 Å². The van der Waals surface area contributed by atoms with Crippen LogP contribution in [-0.2, 0) is 9.59 Å². The summed E-state index contributed by atoms with van der Waals surface area (Å²) in [6.07, 6.45) is 8.69. The van der Waals surface area contributed by atoms with E-state index in [1.165, 1.54) is 0 Å². The van der Waals surface area contributed by atoms with Crippen molar-refractivity contribution in [3.8, 4) is 0 Å². The quantitative estimate of drug-likeness (QED) is 0.753. The number of hydrogen-bond donors (Lipinski definition) is 2. The van der Waals surface area contributed by atoms with Crippen LogP contribution >= 0.6 is 0 Å². The summed E-state index contributed by atoms with van der Waals surface area (Å²) in [6, 6.07) is 0.184. The molecule has 5 heteroatoms. The standard InChI is InChI=1S/C16H29N3O2/c17-14-7-4-6-13(12-14)16(21)18-9-5-11-19-10-3-1-2-8-15(19)20/h13-14H,1-12,17H2,(H,18,21). The van der Waals surface area contributed by atoms with Crippen molar-refractivity contribution in [1.82, 2.24) is 10.2 Å². The number of hydrogen-bond acceptors (Lipinski definition) is 3. The summed E-state index contributed by atoms with van der Waals surface area (Å²) in [5.41, 5.74) is 5.92. The normalized spacial score (nSPS) is 27.3. The van der Waals surface area contributed by atoms with Crippen LogP contribution in [0.5, 0.6) is 0 Å². The van der Waals surface area contributed by atoms with Crippen LogP contribution in [0.3, 0.4) is 0 Å². The zero-order valence-corrected chi connectivity index (χ0v) is 13.0. The first-order valence-electron chi connectivity index (χ1n) is 8.48. The summed E-state index contributed by atoms with van der Waals surface area (Å²) in [4.78, 5) is 25.9. The molecule has 2 fully saturated rings. The van der Waals surface area contributed by atoms with Gasteiger partial charge in [0, 0.05) is 38.0 Å². The number of amides is 2. The molecule has 5 nitrogen and oxygen atoms in total. The van der Waals surface area contributed by atoms with E-state index in [0.29, 0.717) is 13.0 Å². The van der Waals surface area contributed by atoms with E-state index in [1.54, 1.807) is 0 Å². The van der Waals surface area contributed by atoms with E-state index in [0.717, 1.165) is 64.5 Å². The lowest BCUT2D eigenvalue weighted by atomic mass is 9.85. The largest absolute Gasteiger partial charge is 0.356 e. The third-order valence-corrected chi connectivity index (χ3v) is 4.66. The van der Waals surface area contributed by atoms with Crippen LogP contribution in [0.4, 0.5) is 0 Å². The summed E-state index contributed by atoms with van der Waals surface area (Å²) in [7, 11) is 0. The van der Waals surface area contributed by atoms with Crippen LogP contribution in [0.2, 0.25) is 0 Å². The number of rotatable bonds is 5. The van der Waals surface area contributed by atoms with E-state index in [2.05, 4.69) is 5.32 Å².